The van der Waals surface area contributed by atoms with Gasteiger partial charge in [-0.15, -0.1) is 0 Å². The molecule has 0 aliphatic rings. The first-order valence-corrected chi connectivity index (χ1v) is 7.84. The molecule has 0 aliphatic heterocycles. The van der Waals surface area contributed by atoms with E-state index in [-0.39, 0.29) is 0 Å². The van der Waals surface area contributed by atoms with Gasteiger partial charge in [0, 0.05) is 0 Å². The smallest absolute Gasteiger partial charge is 0.326 e. The summed E-state index contributed by atoms with van der Waals surface area (Å²) in [6.07, 6.45) is -2.67. The minimum atomic E-state index is -1.87. The Morgan fingerprint density at radius 1 is 0.690 bits per heavy atom. The van der Waals surface area contributed by atoms with Crippen LogP contribution in [0.1, 0.15) is 19.3 Å². The highest BCUT2D eigenvalue weighted by molar-refractivity contribution is 5.95. The number of carbonyl (C=O) groups excluding carboxylic acids is 3. The second-order valence-electron chi connectivity index (χ2n) is 5.64. The Hall–Kier alpha value is -3.75. The molecule has 0 aromatic carbocycles. The van der Waals surface area contributed by atoms with Crippen LogP contribution in [-0.2, 0) is 33.6 Å². The quantitative estimate of drug-likeness (QED) is 0.141. The van der Waals surface area contributed by atoms with Crippen molar-refractivity contribution in [2.75, 3.05) is 6.54 Å². The molecule has 0 spiro atoms. The minimum Gasteiger partial charge on any atom is -0.481 e. The van der Waals surface area contributed by atoms with Crippen LogP contribution in [0.3, 0.4) is 0 Å². The molecule has 0 aromatic heterocycles. The van der Waals surface area contributed by atoms with Crippen molar-refractivity contribution in [2.24, 2.45) is 5.73 Å². The first-order valence-electron chi connectivity index (χ1n) is 7.84. The number of carboxylic acids is 4. The molecular formula is C14H20N4O11. The summed E-state index contributed by atoms with van der Waals surface area (Å²) >= 11 is 0. The summed E-state index contributed by atoms with van der Waals surface area (Å²) < 4.78 is 0. The van der Waals surface area contributed by atoms with Crippen LogP contribution >= 0.6 is 0 Å². The molecule has 3 unspecified atom stereocenters. The molecule has 0 saturated heterocycles. The molecule has 3 atom stereocenters. The normalized spacial score (nSPS) is 13.3. The van der Waals surface area contributed by atoms with Crippen molar-refractivity contribution in [3.8, 4) is 0 Å². The Bertz CT molecular complexity index is 693. The van der Waals surface area contributed by atoms with Crippen molar-refractivity contribution >= 4 is 41.6 Å². The molecule has 162 valence electrons. The van der Waals surface area contributed by atoms with E-state index < -0.39 is 85.5 Å². The van der Waals surface area contributed by atoms with E-state index >= 15 is 0 Å². The van der Waals surface area contributed by atoms with Crippen molar-refractivity contribution in [2.45, 2.75) is 37.4 Å². The number of carboxylic acid groups (broad SMARTS) is 4. The number of amides is 3. The standard InChI is InChI=1S/C14H20N4O11/c15-5(1-9(20)21)12(26)16-4-8(19)17-6(2-10(22)23)13(27)18-7(14(28)29)3-11(24)25/h5-7H,1-4,15H2,(H,16,26)(H,17,19)(H,18,27)(H,20,21)(H,22,23)(H,24,25)(H,28,29). The fraction of sp³-hybridized carbons (Fsp3) is 0.500. The third-order valence-electron chi connectivity index (χ3n) is 3.18. The molecule has 0 radical (unpaired) electrons. The van der Waals surface area contributed by atoms with Crippen molar-refractivity contribution < 1.29 is 54.0 Å². The molecule has 3 amide bonds. The van der Waals surface area contributed by atoms with Crippen LogP contribution < -0.4 is 21.7 Å². The predicted octanol–water partition coefficient (Wildman–Crippen LogP) is -4.09. The summed E-state index contributed by atoms with van der Waals surface area (Å²) in [4.78, 5) is 78.3. The molecule has 0 saturated carbocycles. The predicted molar refractivity (Wildman–Crippen MR) is 89.2 cm³/mol. The van der Waals surface area contributed by atoms with Gasteiger partial charge in [-0.2, -0.15) is 0 Å². The van der Waals surface area contributed by atoms with E-state index in [1.165, 1.54) is 0 Å². The first-order chi connectivity index (χ1) is 13.3. The van der Waals surface area contributed by atoms with Gasteiger partial charge in [0.15, 0.2) is 0 Å². The maximum Gasteiger partial charge on any atom is 0.326 e. The summed E-state index contributed by atoms with van der Waals surface area (Å²) in [5.74, 6) is -9.46. The summed E-state index contributed by atoms with van der Waals surface area (Å²) in [6, 6.07) is -5.10. The molecule has 0 aromatic rings. The maximum absolute atomic E-state index is 12.1. The lowest BCUT2D eigenvalue weighted by atomic mass is 10.1. The number of aliphatic carboxylic acids is 4. The number of hydrogen-bond donors (Lipinski definition) is 8. The monoisotopic (exact) mass is 420 g/mol. The van der Waals surface area contributed by atoms with Gasteiger partial charge in [0.2, 0.25) is 17.7 Å². The van der Waals surface area contributed by atoms with E-state index in [0.717, 1.165) is 0 Å². The van der Waals surface area contributed by atoms with Crippen molar-refractivity contribution in [3.63, 3.8) is 0 Å². The highest BCUT2D eigenvalue weighted by atomic mass is 16.4. The van der Waals surface area contributed by atoms with Crippen LogP contribution in [0.4, 0.5) is 0 Å². The lowest BCUT2D eigenvalue weighted by Gasteiger charge is -2.20. The van der Waals surface area contributed by atoms with E-state index in [1.807, 2.05) is 10.6 Å². The lowest BCUT2D eigenvalue weighted by Crippen LogP contribution is -2.54. The highest BCUT2D eigenvalue weighted by Gasteiger charge is 2.29. The van der Waals surface area contributed by atoms with Gasteiger partial charge in [-0.1, -0.05) is 0 Å². The van der Waals surface area contributed by atoms with Gasteiger partial charge < -0.3 is 42.1 Å². The average molecular weight is 420 g/mol. The number of hydrogen-bond acceptors (Lipinski definition) is 8. The van der Waals surface area contributed by atoms with E-state index in [2.05, 4.69) is 0 Å². The SMILES string of the molecule is NC(CC(=O)O)C(=O)NCC(=O)NC(CC(=O)O)C(=O)NC(CC(=O)O)C(=O)O. The molecule has 0 fully saturated rings. The number of carbonyl (C=O) groups is 7. The van der Waals surface area contributed by atoms with Gasteiger partial charge in [0.05, 0.1) is 31.8 Å². The van der Waals surface area contributed by atoms with Crippen LogP contribution in [-0.4, -0.2) is 86.7 Å². The summed E-state index contributed by atoms with van der Waals surface area (Å²) in [7, 11) is 0. The third-order valence-corrected chi connectivity index (χ3v) is 3.18. The summed E-state index contributed by atoms with van der Waals surface area (Å²) in [6.45, 7) is -0.785. The second-order valence-corrected chi connectivity index (χ2v) is 5.64. The van der Waals surface area contributed by atoms with E-state index in [0.29, 0.717) is 0 Å². The Labute approximate surface area is 162 Å². The molecular weight excluding hydrogens is 400 g/mol. The Morgan fingerprint density at radius 2 is 1.17 bits per heavy atom. The maximum atomic E-state index is 12.1. The molecule has 15 nitrogen and oxygen atoms in total. The van der Waals surface area contributed by atoms with Crippen LogP contribution in [0.5, 0.6) is 0 Å². The number of nitrogens with two attached hydrogens (primary N) is 1. The zero-order valence-corrected chi connectivity index (χ0v) is 14.8. The summed E-state index contributed by atoms with van der Waals surface area (Å²) in [5.41, 5.74) is 5.27. The molecule has 0 bridgehead atoms. The van der Waals surface area contributed by atoms with Crippen molar-refractivity contribution in [1.29, 1.82) is 0 Å². The first kappa shape index (κ1) is 25.2. The van der Waals surface area contributed by atoms with Crippen LogP contribution in [0.25, 0.3) is 0 Å². The van der Waals surface area contributed by atoms with E-state index in [9.17, 15) is 33.6 Å². The number of nitrogens with one attached hydrogen (secondary N) is 3. The molecule has 9 N–H and O–H groups in total. The van der Waals surface area contributed by atoms with E-state index in [4.69, 9.17) is 26.2 Å². The van der Waals surface area contributed by atoms with Gasteiger partial charge in [0.1, 0.15) is 12.1 Å². The Kier molecular flexibility index (Phi) is 10.3. The van der Waals surface area contributed by atoms with Gasteiger partial charge in [0.25, 0.3) is 0 Å². The lowest BCUT2D eigenvalue weighted by molar-refractivity contribution is -0.148. The number of rotatable bonds is 13. The third kappa shape index (κ3) is 10.9. The molecule has 0 rings (SSSR count). The molecule has 0 heterocycles. The van der Waals surface area contributed by atoms with Crippen LogP contribution in [0.15, 0.2) is 0 Å². The second kappa shape index (κ2) is 11.9. The zero-order valence-electron chi connectivity index (χ0n) is 14.8. The highest BCUT2D eigenvalue weighted by Crippen LogP contribution is 1.99. The average Bonchev–Trinajstić information content (AvgIpc) is 2.56. The topological polar surface area (TPSA) is 263 Å². The molecule has 29 heavy (non-hydrogen) atoms. The zero-order chi connectivity index (χ0) is 22.7. The minimum absolute atomic E-state index is 0.711. The van der Waals surface area contributed by atoms with Gasteiger partial charge in [-0.3, -0.25) is 28.8 Å². The van der Waals surface area contributed by atoms with Gasteiger partial charge in [-0.05, 0) is 0 Å². The van der Waals surface area contributed by atoms with Crippen LogP contribution in [0.2, 0.25) is 0 Å². The van der Waals surface area contributed by atoms with Crippen LogP contribution in [0, 0.1) is 0 Å². The van der Waals surface area contributed by atoms with Crippen molar-refractivity contribution in [3.05, 3.63) is 0 Å². The fourth-order valence-electron chi connectivity index (χ4n) is 1.86. The summed E-state index contributed by atoms with van der Waals surface area (Å²) in [5, 5.41) is 40.6. The fourth-order valence-corrected chi connectivity index (χ4v) is 1.86. The molecule has 0 aliphatic carbocycles. The van der Waals surface area contributed by atoms with Gasteiger partial charge >= 0.3 is 23.9 Å². The molecule has 15 heteroatoms. The Balaban J connectivity index is 4.94. The van der Waals surface area contributed by atoms with Crippen molar-refractivity contribution in [1.82, 2.24) is 16.0 Å². The largest absolute Gasteiger partial charge is 0.481 e. The van der Waals surface area contributed by atoms with E-state index in [1.54, 1.807) is 5.32 Å². The van der Waals surface area contributed by atoms with Gasteiger partial charge in [-0.25, -0.2) is 4.79 Å². The Morgan fingerprint density at radius 3 is 1.62 bits per heavy atom.